The monoisotopic (exact) mass is 395 g/mol. The molecule has 0 amide bonds. The normalized spacial score (nSPS) is 20.4. The van der Waals surface area contributed by atoms with Crippen LogP contribution in [0.1, 0.15) is 51.0 Å². The number of benzene rings is 2. The molecule has 28 heavy (non-hydrogen) atoms. The molecule has 1 saturated heterocycles. The van der Waals surface area contributed by atoms with Crippen LogP contribution in [-0.4, -0.2) is 21.6 Å². The molecule has 3 atom stereocenters. The first-order valence-corrected chi connectivity index (χ1v) is 10.3. The Morgan fingerprint density at radius 2 is 1.71 bits per heavy atom. The average molecular weight is 396 g/mol. The Labute approximate surface area is 170 Å². The predicted octanol–water partition coefficient (Wildman–Crippen LogP) is 4.85. The van der Waals surface area contributed by atoms with Gasteiger partial charge in [0.1, 0.15) is 5.82 Å². The number of fused-ring (bicyclic) bond motifs is 1. The topological polar surface area (TPSA) is 37.9 Å². The lowest BCUT2D eigenvalue weighted by molar-refractivity contribution is 0.319. The summed E-state index contributed by atoms with van der Waals surface area (Å²) >= 11 is 6.30. The van der Waals surface area contributed by atoms with Gasteiger partial charge in [-0.25, -0.2) is 9.66 Å². The third-order valence-electron chi connectivity index (χ3n) is 5.89. The van der Waals surface area contributed by atoms with Gasteiger partial charge in [0.15, 0.2) is 0 Å². The Morgan fingerprint density at radius 3 is 2.36 bits per heavy atom. The molecular weight excluding hydrogens is 370 g/mol. The van der Waals surface area contributed by atoms with Gasteiger partial charge in [0.2, 0.25) is 0 Å². The molecule has 0 N–H and O–H groups in total. The van der Waals surface area contributed by atoms with Gasteiger partial charge in [0.25, 0.3) is 5.56 Å². The fraction of sp³-hybridized carbons (Fsp3) is 0.391. The molecule has 1 unspecified atom stereocenters. The van der Waals surface area contributed by atoms with E-state index in [1.807, 2.05) is 42.5 Å². The maximum absolute atomic E-state index is 13.5. The van der Waals surface area contributed by atoms with E-state index in [1.54, 1.807) is 4.68 Å². The molecule has 1 aromatic heterocycles. The lowest BCUT2D eigenvalue weighted by Gasteiger charge is -2.29. The maximum Gasteiger partial charge on any atom is 0.280 e. The minimum Gasteiger partial charge on any atom is -0.292 e. The number of rotatable bonds is 4. The van der Waals surface area contributed by atoms with Crippen molar-refractivity contribution in [3.05, 3.63) is 76.3 Å². The second-order valence-electron chi connectivity index (χ2n) is 8.65. The molecule has 3 aromatic rings. The molecule has 0 aliphatic carbocycles. The van der Waals surface area contributed by atoms with Gasteiger partial charge in [-0.15, -0.1) is 11.6 Å². The van der Waals surface area contributed by atoms with Gasteiger partial charge in [-0.1, -0.05) is 70.2 Å². The largest absolute Gasteiger partial charge is 0.292 e. The lowest BCUT2D eigenvalue weighted by Crippen LogP contribution is -2.37. The summed E-state index contributed by atoms with van der Waals surface area (Å²) in [6.45, 7) is 8.68. The van der Waals surface area contributed by atoms with Crippen LogP contribution in [0.2, 0.25) is 0 Å². The van der Waals surface area contributed by atoms with Gasteiger partial charge in [0.05, 0.1) is 23.0 Å². The number of aromatic nitrogens is 2. The van der Waals surface area contributed by atoms with Gasteiger partial charge >= 0.3 is 0 Å². The van der Waals surface area contributed by atoms with Crippen molar-refractivity contribution in [1.82, 2.24) is 9.66 Å². The molecule has 0 spiro atoms. The highest BCUT2D eigenvalue weighted by molar-refractivity contribution is 6.18. The summed E-state index contributed by atoms with van der Waals surface area (Å²) in [6, 6.07) is 18.0. The Balaban J connectivity index is 1.93. The highest BCUT2D eigenvalue weighted by atomic mass is 35.5. The van der Waals surface area contributed by atoms with E-state index in [2.05, 4.69) is 44.8 Å². The number of nitrogens with zero attached hydrogens (tertiary/aromatic N) is 3. The third kappa shape index (κ3) is 3.10. The zero-order valence-corrected chi connectivity index (χ0v) is 17.5. The summed E-state index contributed by atoms with van der Waals surface area (Å²) in [5, 5.41) is 2.74. The number of hydrogen-bond acceptors (Lipinski definition) is 3. The standard InChI is InChI=1S/C23H26ClN3O/c1-15(23(2,3)4)21-25-18-13-9-8-12-17(18)22(28)27(21)26-19(14-24)20(26)16-10-6-5-7-11-16/h5-13,15,19-20H,14H2,1-4H3/t15?,19-,20-,26?/m0/s1. The van der Waals surface area contributed by atoms with Crippen molar-refractivity contribution in [2.45, 2.75) is 45.7 Å². The van der Waals surface area contributed by atoms with E-state index >= 15 is 0 Å². The smallest absolute Gasteiger partial charge is 0.280 e. The van der Waals surface area contributed by atoms with E-state index in [9.17, 15) is 4.79 Å². The maximum atomic E-state index is 13.5. The molecule has 2 heterocycles. The van der Waals surface area contributed by atoms with Crippen LogP contribution >= 0.6 is 11.6 Å². The van der Waals surface area contributed by atoms with Crippen molar-refractivity contribution >= 4 is 22.5 Å². The first kappa shape index (κ1) is 19.0. The highest BCUT2D eigenvalue weighted by Crippen LogP contribution is 2.43. The summed E-state index contributed by atoms with van der Waals surface area (Å²) in [6.07, 6.45) is 0. The molecule has 1 aliphatic heterocycles. The highest BCUT2D eigenvalue weighted by Gasteiger charge is 2.50. The summed E-state index contributed by atoms with van der Waals surface area (Å²) < 4.78 is 1.79. The Bertz CT molecular complexity index is 1050. The lowest BCUT2D eigenvalue weighted by atomic mass is 9.81. The number of halogens is 1. The first-order chi connectivity index (χ1) is 13.3. The first-order valence-electron chi connectivity index (χ1n) is 9.76. The zero-order valence-electron chi connectivity index (χ0n) is 16.8. The van der Waals surface area contributed by atoms with E-state index in [1.165, 1.54) is 5.56 Å². The summed E-state index contributed by atoms with van der Waals surface area (Å²) in [5.74, 6) is 1.35. The predicted molar refractivity (Wildman–Crippen MR) is 116 cm³/mol. The van der Waals surface area contributed by atoms with Crippen LogP contribution in [0.4, 0.5) is 0 Å². The van der Waals surface area contributed by atoms with Gasteiger partial charge in [0, 0.05) is 11.8 Å². The van der Waals surface area contributed by atoms with Gasteiger partial charge < -0.3 is 0 Å². The third-order valence-corrected chi connectivity index (χ3v) is 6.21. The SMILES string of the molecule is CC(c1nc2ccccc2c(=O)n1N1[C@@H](CCl)[C@@H]1c1ccccc1)C(C)(C)C. The number of alkyl halides is 1. The van der Waals surface area contributed by atoms with E-state index in [0.717, 1.165) is 11.3 Å². The Hall–Kier alpha value is -2.33. The second-order valence-corrected chi connectivity index (χ2v) is 8.96. The van der Waals surface area contributed by atoms with Crippen LogP contribution in [0.3, 0.4) is 0 Å². The number of para-hydroxylation sites is 1. The zero-order chi connectivity index (χ0) is 20.1. The van der Waals surface area contributed by atoms with Gasteiger partial charge in [-0.3, -0.25) is 9.80 Å². The van der Waals surface area contributed by atoms with E-state index < -0.39 is 0 Å². The molecule has 0 bridgehead atoms. The minimum atomic E-state index is -0.0294. The molecule has 0 radical (unpaired) electrons. The van der Waals surface area contributed by atoms with E-state index in [4.69, 9.17) is 16.6 Å². The second kappa shape index (κ2) is 6.93. The van der Waals surface area contributed by atoms with Crippen molar-refractivity contribution in [2.24, 2.45) is 5.41 Å². The van der Waals surface area contributed by atoms with Crippen molar-refractivity contribution in [1.29, 1.82) is 0 Å². The average Bonchev–Trinajstić information content (AvgIpc) is 3.41. The van der Waals surface area contributed by atoms with E-state index in [0.29, 0.717) is 11.3 Å². The van der Waals surface area contributed by atoms with Crippen molar-refractivity contribution in [2.75, 3.05) is 10.9 Å². The Kier molecular flexibility index (Phi) is 4.70. The molecule has 2 aromatic carbocycles. The fourth-order valence-corrected chi connectivity index (χ4v) is 4.06. The van der Waals surface area contributed by atoms with E-state index in [-0.39, 0.29) is 29.0 Å². The molecule has 0 saturated carbocycles. The number of hydrogen-bond donors (Lipinski definition) is 0. The molecule has 1 fully saturated rings. The minimum absolute atomic E-state index is 0.0229. The van der Waals surface area contributed by atoms with Crippen LogP contribution in [-0.2, 0) is 0 Å². The molecule has 4 rings (SSSR count). The summed E-state index contributed by atoms with van der Waals surface area (Å²) in [5.41, 5.74) is 1.86. The fourth-order valence-electron chi connectivity index (χ4n) is 3.75. The summed E-state index contributed by atoms with van der Waals surface area (Å²) in [4.78, 5) is 18.5. The van der Waals surface area contributed by atoms with Crippen LogP contribution in [0.15, 0.2) is 59.4 Å². The molecule has 1 aliphatic rings. The van der Waals surface area contributed by atoms with Crippen LogP contribution in [0.25, 0.3) is 10.9 Å². The van der Waals surface area contributed by atoms with Gasteiger partial charge in [-0.2, -0.15) is 0 Å². The van der Waals surface area contributed by atoms with Crippen LogP contribution < -0.4 is 10.6 Å². The van der Waals surface area contributed by atoms with Crippen LogP contribution in [0, 0.1) is 5.41 Å². The molecular formula is C23H26ClN3O. The van der Waals surface area contributed by atoms with Crippen molar-refractivity contribution in [3.63, 3.8) is 0 Å². The molecule has 5 heteroatoms. The summed E-state index contributed by atoms with van der Waals surface area (Å²) in [7, 11) is 0. The Morgan fingerprint density at radius 1 is 1.07 bits per heavy atom. The molecule has 4 nitrogen and oxygen atoms in total. The quantitative estimate of drug-likeness (QED) is 0.468. The van der Waals surface area contributed by atoms with Crippen molar-refractivity contribution < 1.29 is 0 Å². The molecule has 146 valence electrons. The van der Waals surface area contributed by atoms with Crippen LogP contribution in [0.5, 0.6) is 0 Å². The van der Waals surface area contributed by atoms with Gasteiger partial charge in [-0.05, 0) is 23.1 Å². The van der Waals surface area contributed by atoms with Crippen molar-refractivity contribution in [3.8, 4) is 0 Å².